The molecule has 0 saturated heterocycles. The van der Waals surface area contributed by atoms with Crippen LogP contribution >= 0.6 is 0 Å². The summed E-state index contributed by atoms with van der Waals surface area (Å²) in [5.41, 5.74) is 3.92. The Morgan fingerprint density at radius 1 is 1.11 bits per heavy atom. The molecule has 0 aliphatic heterocycles. The lowest BCUT2D eigenvalue weighted by atomic mass is 10.0. The van der Waals surface area contributed by atoms with Crippen LogP contribution in [0.5, 0.6) is 5.75 Å². The first-order valence-electron chi connectivity index (χ1n) is 6.62. The van der Waals surface area contributed by atoms with Crippen LogP contribution in [-0.2, 0) is 6.54 Å². The molecule has 2 heteroatoms. The topological polar surface area (TPSA) is 21.3 Å². The molecular formula is C17H21NO. The predicted octanol–water partition coefficient (Wildman–Crippen LogP) is 3.85. The molecule has 100 valence electrons. The van der Waals surface area contributed by atoms with Crippen LogP contribution in [0.15, 0.2) is 48.5 Å². The summed E-state index contributed by atoms with van der Waals surface area (Å²) in [6.45, 7) is 5.19. The minimum atomic E-state index is 0.340. The Balaban J connectivity index is 2.00. The van der Waals surface area contributed by atoms with E-state index in [1.165, 1.54) is 16.7 Å². The van der Waals surface area contributed by atoms with Gasteiger partial charge in [-0.25, -0.2) is 0 Å². The predicted molar refractivity (Wildman–Crippen MR) is 79.4 cm³/mol. The number of rotatable bonds is 5. The molecule has 0 amide bonds. The van der Waals surface area contributed by atoms with Crippen molar-refractivity contribution in [3.8, 4) is 5.75 Å². The second-order valence-electron chi connectivity index (χ2n) is 4.81. The number of hydrogen-bond donors (Lipinski definition) is 1. The Morgan fingerprint density at radius 2 is 1.89 bits per heavy atom. The van der Waals surface area contributed by atoms with E-state index in [9.17, 15) is 0 Å². The maximum absolute atomic E-state index is 5.24. The second kappa shape index (κ2) is 6.39. The van der Waals surface area contributed by atoms with Crippen LogP contribution in [0.25, 0.3) is 0 Å². The molecule has 0 radical (unpaired) electrons. The minimum absolute atomic E-state index is 0.340. The van der Waals surface area contributed by atoms with E-state index in [0.29, 0.717) is 6.04 Å². The maximum atomic E-state index is 5.24. The van der Waals surface area contributed by atoms with Gasteiger partial charge in [-0.05, 0) is 42.7 Å². The molecule has 0 aliphatic carbocycles. The van der Waals surface area contributed by atoms with Crippen molar-refractivity contribution in [3.05, 3.63) is 65.2 Å². The van der Waals surface area contributed by atoms with Gasteiger partial charge in [0.15, 0.2) is 0 Å². The number of hydrogen-bond acceptors (Lipinski definition) is 2. The molecule has 0 saturated carbocycles. The summed E-state index contributed by atoms with van der Waals surface area (Å²) in [6, 6.07) is 17.0. The molecule has 0 unspecified atom stereocenters. The zero-order valence-corrected chi connectivity index (χ0v) is 11.8. The van der Waals surface area contributed by atoms with Crippen LogP contribution in [0.3, 0.4) is 0 Å². The van der Waals surface area contributed by atoms with Crippen molar-refractivity contribution in [2.75, 3.05) is 7.11 Å². The average Bonchev–Trinajstić information content (AvgIpc) is 2.45. The van der Waals surface area contributed by atoms with E-state index in [4.69, 9.17) is 4.74 Å². The summed E-state index contributed by atoms with van der Waals surface area (Å²) in [7, 11) is 1.70. The van der Waals surface area contributed by atoms with Gasteiger partial charge in [0.1, 0.15) is 5.75 Å². The molecule has 2 aromatic carbocycles. The van der Waals surface area contributed by atoms with E-state index in [-0.39, 0.29) is 0 Å². The van der Waals surface area contributed by atoms with Crippen molar-refractivity contribution in [3.63, 3.8) is 0 Å². The molecule has 0 aliphatic rings. The Bertz CT molecular complexity index is 536. The highest BCUT2D eigenvalue weighted by Gasteiger charge is 2.07. The molecule has 2 rings (SSSR count). The zero-order valence-electron chi connectivity index (χ0n) is 11.8. The summed E-state index contributed by atoms with van der Waals surface area (Å²) in [6.07, 6.45) is 0. The van der Waals surface area contributed by atoms with E-state index in [2.05, 4.69) is 55.6 Å². The standard InChI is InChI=1S/C17H21NO/c1-13-7-4-5-10-17(13)14(2)18-12-15-8-6-9-16(11-15)19-3/h4-11,14,18H,12H2,1-3H3/t14-/m0/s1. The maximum Gasteiger partial charge on any atom is 0.119 e. The van der Waals surface area contributed by atoms with Gasteiger partial charge in [-0.15, -0.1) is 0 Å². The fourth-order valence-electron chi connectivity index (χ4n) is 2.24. The first-order chi connectivity index (χ1) is 9.20. The van der Waals surface area contributed by atoms with E-state index >= 15 is 0 Å². The number of ether oxygens (including phenoxy) is 1. The summed E-state index contributed by atoms with van der Waals surface area (Å²) in [5, 5.41) is 3.55. The van der Waals surface area contributed by atoms with Crippen LogP contribution in [0, 0.1) is 6.92 Å². The molecule has 19 heavy (non-hydrogen) atoms. The van der Waals surface area contributed by atoms with Crippen molar-refractivity contribution in [2.45, 2.75) is 26.4 Å². The van der Waals surface area contributed by atoms with E-state index in [1.807, 2.05) is 12.1 Å². The highest BCUT2D eigenvalue weighted by atomic mass is 16.5. The monoisotopic (exact) mass is 255 g/mol. The number of methoxy groups -OCH3 is 1. The molecule has 0 heterocycles. The number of aryl methyl sites for hydroxylation is 1. The van der Waals surface area contributed by atoms with Crippen LogP contribution in [-0.4, -0.2) is 7.11 Å². The molecule has 1 atom stereocenters. The first-order valence-corrected chi connectivity index (χ1v) is 6.62. The molecule has 0 bridgehead atoms. The Kier molecular flexibility index (Phi) is 4.58. The number of nitrogens with one attached hydrogen (secondary N) is 1. The SMILES string of the molecule is COc1cccc(CN[C@@H](C)c2ccccc2C)c1. The molecule has 0 fully saturated rings. The van der Waals surface area contributed by atoms with E-state index in [0.717, 1.165) is 12.3 Å². The van der Waals surface area contributed by atoms with Crippen molar-refractivity contribution in [1.29, 1.82) is 0 Å². The van der Waals surface area contributed by atoms with Gasteiger partial charge >= 0.3 is 0 Å². The summed E-state index contributed by atoms with van der Waals surface area (Å²) in [4.78, 5) is 0. The van der Waals surface area contributed by atoms with Gasteiger partial charge in [0.05, 0.1) is 7.11 Å². The molecule has 1 N–H and O–H groups in total. The van der Waals surface area contributed by atoms with Crippen LogP contribution in [0.1, 0.15) is 29.7 Å². The molecule has 0 spiro atoms. The van der Waals surface area contributed by atoms with Crippen molar-refractivity contribution < 1.29 is 4.74 Å². The highest BCUT2D eigenvalue weighted by Crippen LogP contribution is 2.18. The quantitative estimate of drug-likeness (QED) is 0.876. The van der Waals surface area contributed by atoms with E-state index < -0.39 is 0 Å². The van der Waals surface area contributed by atoms with Crippen molar-refractivity contribution in [2.24, 2.45) is 0 Å². The smallest absolute Gasteiger partial charge is 0.119 e. The number of benzene rings is 2. The summed E-state index contributed by atoms with van der Waals surface area (Å²) in [5.74, 6) is 0.905. The van der Waals surface area contributed by atoms with Crippen LogP contribution in [0.4, 0.5) is 0 Å². The normalized spacial score (nSPS) is 12.2. The largest absolute Gasteiger partial charge is 0.497 e. The molecular weight excluding hydrogens is 234 g/mol. The fourth-order valence-corrected chi connectivity index (χ4v) is 2.24. The van der Waals surface area contributed by atoms with Crippen LogP contribution < -0.4 is 10.1 Å². The zero-order chi connectivity index (χ0) is 13.7. The van der Waals surface area contributed by atoms with Gasteiger partial charge in [-0.3, -0.25) is 0 Å². The van der Waals surface area contributed by atoms with Gasteiger partial charge in [0, 0.05) is 12.6 Å². The molecule has 2 nitrogen and oxygen atoms in total. The lowest BCUT2D eigenvalue weighted by molar-refractivity contribution is 0.414. The Hall–Kier alpha value is -1.80. The average molecular weight is 255 g/mol. The van der Waals surface area contributed by atoms with Gasteiger partial charge < -0.3 is 10.1 Å². The lowest BCUT2D eigenvalue weighted by Crippen LogP contribution is -2.18. The minimum Gasteiger partial charge on any atom is -0.497 e. The summed E-state index contributed by atoms with van der Waals surface area (Å²) < 4.78 is 5.24. The third kappa shape index (κ3) is 3.58. The summed E-state index contributed by atoms with van der Waals surface area (Å²) >= 11 is 0. The Morgan fingerprint density at radius 3 is 2.63 bits per heavy atom. The first kappa shape index (κ1) is 13.6. The van der Waals surface area contributed by atoms with Gasteiger partial charge in [0.2, 0.25) is 0 Å². The third-order valence-electron chi connectivity index (χ3n) is 3.40. The Labute approximate surface area is 115 Å². The highest BCUT2D eigenvalue weighted by molar-refractivity contribution is 5.30. The van der Waals surface area contributed by atoms with Gasteiger partial charge in [-0.2, -0.15) is 0 Å². The van der Waals surface area contributed by atoms with Crippen LogP contribution in [0.2, 0.25) is 0 Å². The lowest BCUT2D eigenvalue weighted by Gasteiger charge is -2.16. The van der Waals surface area contributed by atoms with Gasteiger partial charge in [-0.1, -0.05) is 36.4 Å². The van der Waals surface area contributed by atoms with Gasteiger partial charge in [0.25, 0.3) is 0 Å². The third-order valence-corrected chi connectivity index (χ3v) is 3.40. The fraction of sp³-hybridized carbons (Fsp3) is 0.294. The molecule has 2 aromatic rings. The van der Waals surface area contributed by atoms with Crippen molar-refractivity contribution >= 4 is 0 Å². The molecule has 0 aromatic heterocycles. The van der Waals surface area contributed by atoms with E-state index in [1.54, 1.807) is 7.11 Å². The van der Waals surface area contributed by atoms with Crippen molar-refractivity contribution in [1.82, 2.24) is 5.32 Å². The second-order valence-corrected chi connectivity index (χ2v) is 4.81.